The fourth-order valence-corrected chi connectivity index (χ4v) is 2.05. The van der Waals surface area contributed by atoms with Crippen molar-refractivity contribution in [3.05, 3.63) is 28.8 Å². The molecule has 0 atom stereocenters. The Hall–Kier alpha value is -1.02. The molecule has 0 saturated carbocycles. The van der Waals surface area contributed by atoms with Crippen molar-refractivity contribution in [1.82, 2.24) is 0 Å². The van der Waals surface area contributed by atoms with Crippen LogP contribution >= 0.6 is 11.6 Å². The summed E-state index contributed by atoms with van der Waals surface area (Å²) in [7, 11) is 0. The summed E-state index contributed by atoms with van der Waals surface area (Å²) in [4.78, 5) is 11.3. The minimum absolute atomic E-state index is 0.309. The molecule has 19 heavy (non-hydrogen) atoms. The Bertz CT molecular complexity index is 413. The normalized spacial score (nSPS) is 10.8. The molecule has 0 radical (unpaired) electrons. The van der Waals surface area contributed by atoms with E-state index in [0.29, 0.717) is 36.2 Å². The molecule has 0 aliphatic carbocycles. The van der Waals surface area contributed by atoms with Gasteiger partial charge in [-0.25, -0.2) is 0 Å². The van der Waals surface area contributed by atoms with Crippen LogP contribution in [0, 0.1) is 5.92 Å². The van der Waals surface area contributed by atoms with Crippen LogP contribution in [-0.4, -0.2) is 12.4 Å². The third-order valence-corrected chi connectivity index (χ3v) is 3.34. The van der Waals surface area contributed by atoms with E-state index in [-0.39, 0.29) is 0 Å². The Kier molecular flexibility index (Phi) is 6.93. The van der Waals surface area contributed by atoms with E-state index in [1.807, 2.05) is 25.1 Å². The molecule has 0 bridgehead atoms. The highest BCUT2D eigenvalue weighted by Crippen LogP contribution is 2.29. The monoisotopic (exact) mass is 282 g/mol. The number of aryl methyl sites for hydroxylation is 1. The molecule has 1 aromatic rings. The van der Waals surface area contributed by atoms with Crippen LogP contribution in [0.4, 0.5) is 0 Å². The van der Waals surface area contributed by atoms with Crippen molar-refractivity contribution in [2.45, 2.75) is 46.5 Å². The highest BCUT2D eigenvalue weighted by atomic mass is 35.5. The molecule has 0 heterocycles. The van der Waals surface area contributed by atoms with Crippen LogP contribution in [0.25, 0.3) is 0 Å². The van der Waals surface area contributed by atoms with Gasteiger partial charge in [-0.15, -0.1) is 0 Å². The highest BCUT2D eigenvalue weighted by molar-refractivity contribution is 6.32. The van der Waals surface area contributed by atoms with Crippen molar-refractivity contribution >= 4 is 17.4 Å². The van der Waals surface area contributed by atoms with Crippen molar-refractivity contribution in [3.8, 4) is 5.75 Å². The molecule has 0 N–H and O–H groups in total. The smallest absolute Gasteiger partial charge is 0.138 e. The zero-order valence-electron chi connectivity index (χ0n) is 12.0. The summed E-state index contributed by atoms with van der Waals surface area (Å²) in [5.74, 6) is 1.53. The lowest BCUT2D eigenvalue weighted by Crippen LogP contribution is -2.05. The van der Waals surface area contributed by atoms with Crippen LogP contribution in [0.2, 0.25) is 5.02 Å². The Morgan fingerprint density at radius 2 is 2.11 bits per heavy atom. The van der Waals surface area contributed by atoms with Crippen molar-refractivity contribution in [2.75, 3.05) is 6.61 Å². The zero-order valence-corrected chi connectivity index (χ0v) is 12.8. The molecular formula is C16H23ClO2. The summed E-state index contributed by atoms with van der Waals surface area (Å²) in [5, 5.41) is 0.687. The van der Waals surface area contributed by atoms with Crippen LogP contribution in [0.5, 0.6) is 5.75 Å². The van der Waals surface area contributed by atoms with Gasteiger partial charge in [0.2, 0.25) is 0 Å². The number of ketones is 1. The molecule has 0 amide bonds. The van der Waals surface area contributed by atoms with E-state index in [9.17, 15) is 4.79 Å². The lowest BCUT2D eigenvalue weighted by Gasteiger charge is -2.12. The third kappa shape index (κ3) is 5.65. The van der Waals surface area contributed by atoms with Gasteiger partial charge in [0.05, 0.1) is 11.6 Å². The van der Waals surface area contributed by atoms with Crippen LogP contribution in [0.3, 0.4) is 0 Å². The number of carbonyl (C=O) groups is 1. The maximum absolute atomic E-state index is 11.3. The first-order valence-electron chi connectivity index (χ1n) is 6.96. The van der Waals surface area contributed by atoms with Gasteiger partial charge in [-0.1, -0.05) is 44.5 Å². The van der Waals surface area contributed by atoms with E-state index >= 15 is 0 Å². The Labute approximate surface area is 121 Å². The van der Waals surface area contributed by atoms with E-state index in [0.717, 1.165) is 24.2 Å². The molecule has 1 rings (SSSR count). The number of halogens is 1. The summed E-state index contributed by atoms with van der Waals surface area (Å²) >= 11 is 6.33. The average molecular weight is 283 g/mol. The number of ether oxygens (including phenoxy) is 1. The fourth-order valence-electron chi connectivity index (χ4n) is 1.77. The minimum atomic E-state index is 0.309. The molecule has 0 fully saturated rings. The molecule has 0 aliphatic rings. The summed E-state index contributed by atoms with van der Waals surface area (Å²) in [6.07, 6.45) is 2.92. The highest BCUT2D eigenvalue weighted by Gasteiger charge is 2.08. The maximum atomic E-state index is 11.3. The Morgan fingerprint density at radius 1 is 1.37 bits per heavy atom. The second kappa shape index (κ2) is 8.21. The van der Waals surface area contributed by atoms with Gasteiger partial charge in [0.15, 0.2) is 0 Å². The first-order valence-corrected chi connectivity index (χ1v) is 7.34. The number of rotatable bonds is 8. The summed E-state index contributed by atoms with van der Waals surface area (Å²) in [6.45, 7) is 6.77. The molecule has 0 saturated heterocycles. The SMILES string of the molecule is CCC(=O)CCCc1cccc(OCC(C)C)c1Cl. The second-order valence-corrected chi connectivity index (χ2v) is 5.56. The van der Waals surface area contributed by atoms with Crippen LogP contribution in [0.1, 0.15) is 45.6 Å². The minimum Gasteiger partial charge on any atom is -0.492 e. The van der Waals surface area contributed by atoms with Crippen LogP contribution in [-0.2, 0) is 11.2 Å². The number of benzene rings is 1. The van der Waals surface area contributed by atoms with Gasteiger partial charge in [-0.3, -0.25) is 4.79 Å². The van der Waals surface area contributed by atoms with Crippen LogP contribution < -0.4 is 4.74 Å². The predicted octanol–water partition coefficient (Wildman–Crippen LogP) is 4.68. The lowest BCUT2D eigenvalue weighted by molar-refractivity contribution is -0.118. The van der Waals surface area contributed by atoms with Gasteiger partial charge in [-0.2, -0.15) is 0 Å². The van der Waals surface area contributed by atoms with Gasteiger partial charge in [-0.05, 0) is 30.4 Å². The van der Waals surface area contributed by atoms with Crippen molar-refractivity contribution in [2.24, 2.45) is 5.92 Å². The van der Waals surface area contributed by atoms with Gasteiger partial charge < -0.3 is 4.74 Å². The predicted molar refractivity (Wildman–Crippen MR) is 80.0 cm³/mol. The fraction of sp³-hybridized carbons (Fsp3) is 0.562. The van der Waals surface area contributed by atoms with Gasteiger partial charge in [0.1, 0.15) is 11.5 Å². The Morgan fingerprint density at radius 3 is 2.74 bits per heavy atom. The number of hydrogen-bond donors (Lipinski definition) is 0. The number of carbonyl (C=O) groups excluding carboxylic acids is 1. The van der Waals surface area contributed by atoms with E-state index in [2.05, 4.69) is 13.8 Å². The summed E-state index contributed by atoms with van der Waals surface area (Å²) in [5.41, 5.74) is 1.06. The lowest BCUT2D eigenvalue weighted by atomic mass is 10.1. The molecule has 0 aliphatic heterocycles. The molecular weight excluding hydrogens is 260 g/mol. The Balaban J connectivity index is 2.59. The number of hydrogen-bond acceptors (Lipinski definition) is 2. The summed E-state index contributed by atoms with van der Waals surface area (Å²) < 4.78 is 5.69. The first kappa shape index (κ1) is 16.0. The number of Topliss-reactive ketones (excluding diaryl/α,β-unsaturated/α-hetero) is 1. The maximum Gasteiger partial charge on any atom is 0.138 e. The molecule has 106 valence electrons. The van der Waals surface area contributed by atoms with Crippen molar-refractivity contribution in [1.29, 1.82) is 0 Å². The van der Waals surface area contributed by atoms with Crippen molar-refractivity contribution < 1.29 is 9.53 Å². The molecule has 0 spiro atoms. The standard InChI is InChI=1S/C16H23ClO2/c1-4-14(18)9-5-7-13-8-6-10-15(16(13)17)19-11-12(2)3/h6,8,10,12H,4-5,7,9,11H2,1-3H3. The van der Waals surface area contributed by atoms with E-state index in [4.69, 9.17) is 16.3 Å². The second-order valence-electron chi connectivity index (χ2n) is 5.18. The van der Waals surface area contributed by atoms with Gasteiger partial charge >= 0.3 is 0 Å². The first-order chi connectivity index (χ1) is 9.04. The van der Waals surface area contributed by atoms with Gasteiger partial charge in [0.25, 0.3) is 0 Å². The average Bonchev–Trinajstić information content (AvgIpc) is 2.38. The van der Waals surface area contributed by atoms with Crippen LogP contribution in [0.15, 0.2) is 18.2 Å². The molecule has 0 aromatic heterocycles. The third-order valence-electron chi connectivity index (χ3n) is 2.91. The molecule has 2 nitrogen and oxygen atoms in total. The topological polar surface area (TPSA) is 26.3 Å². The van der Waals surface area contributed by atoms with Crippen molar-refractivity contribution in [3.63, 3.8) is 0 Å². The molecule has 0 unspecified atom stereocenters. The largest absolute Gasteiger partial charge is 0.492 e. The quantitative estimate of drug-likeness (QED) is 0.692. The van der Waals surface area contributed by atoms with E-state index in [1.54, 1.807) is 0 Å². The summed E-state index contributed by atoms with van der Waals surface area (Å²) in [6, 6.07) is 5.85. The van der Waals surface area contributed by atoms with Gasteiger partial charge in [0, 0.05) is 12.8 Å². The molecule has 3 heteroatoms. The van der Waals surface area contributed by atoms with E-state index < -0.39 is 0 Å². The zero-order chi connectivity index (χ0) is 14.3. The molecule has 1 aromatic carbocycles. The van der Waals surface area contributed by atoms with E-state index in [1.165, 1.54) is 0 Å².